The van der Waals surface area contributed by atoms with Crippen LogP contribution in [-0.4, -0.2) is 30.4 Å². The quantitative estimate of drug-likeness (QED) is 0.858. The van der Waals surface area contributed by atoms with Crippen molar-refractivity contribution < 1.29 is 8.42 Å². The Hall–Kier alpha value is -2.17. The van der Waals surface area contributed by atoms with Crippen LogP contribution in [0.1, 0.15) is 49.8 Å². The Morgan fingerprint density at radius 3 is 2.52 bits per heavy atom. The predicted octanol–water partition coefficient (Wildman–Crippen LogP) is 2.91. The van der Waals surface area contributed by atoms with E-state index in [4.69, 9.17) is 0 Å². The van der Waals surface area contributed by atoms with Crippen molar-refractivity contribution in [3.8, 4) is 17.3 Å². The van der Waals surface area contributed by atoms with Gasteiger partial charge in [-0.2, -0.15) is 10.4 Å². The number of aromatic amines is 1. The molecular weight excluding hydrogens is 336 g/mol. The summed E-state index contributed by atoms with van der Waals surface area (Å²) in [4.78, 5) is 0. The molecular formula is C18H22N4O2S. The van der Waals surface area contributed by atoms with Gasteiger partial charge in [-0.1, -0.05) is 30.3 Å². The van der Waals surface area contributed by atoms with E-state index in [0.29, 0.717) is 11.3 Å². The van der Waals surface area contributed by atoms with Gasteiger partial charge in [-0.05, 0) is 32.6 Å². The topological polar surface area (TPSA) is 98.6 Å². The minimum absolute atomic E-state index is 0.0109. The molecule has 1 aromatic carbocycles. The summed E-state index contributed by atoms with van der Waals surface area (Å²) in [7, 11) is -3.17. The van der Waals surface area contributed by atoms with Crippen LogP contribution in [0.2, 0.25) is 0 Å². The fourth-order valence-corrected chi connectivity index (χ4v) is 4.32. The first-order valence-electron chi connectivity index (χ1n) is 8.58. The third-order valence-electron chi connectivity index (χ3n) is 4.82. The Labute approximate surface area is 148 Å². The third-order valence-corrected chi connectivity index (χ3v) is 6.27. The zero-order valence-corrected chi connectivity index (χ0v) is 15.0. The summed E-state index contributed by atoms with van der Waals surface area (Å²) >= 11 is 0. The number of hydrogen-bond donors (Lipinski definition) is 2. The van der Waals surface area contributed by atoms with Crippen molar-refractivity contribution in [2.45, 2.75) is 44.6 Å². The average Bonchev–Trinajstić information content (AvgIpc) is 3.07. The standard InChI is InChI=1S/C18H22N4O2S/c1-2-25(23,24)22-15-10-8-14(9-11-15)18-16(12-19)17(20-21-18)13-6-4-3-5-7-13/h3-7,14-15,22H,2,8-11H2,1H3,(H,20,21)/t14-,15-. The first-order valence-corrected chi connectivity index (χ1v) is 10.2. The van der Waals surface area contributed by atoms with Crippen LogP contribution >= 0.6 is 0 Å². The number of rotatable bonds is 5. The largest absolute Gasteiger partial charge is 0.280 e. The van der Waals surface area contributed by atoms with E-state index >= 15 is 0 Å². The summed E-state index contributed by atoms with van der Waals surface area (Å²) in [6.45, 7) is 1.64. The van der Waals surface area contributed by atoms with Gasteiger partial charge < -0.3 is 0 Å². The van der Waals surface area contributed by atoms with Gasteiger partial charge in [0.2, 0.25) is 10.0 Å². The van der Waals surface area contributed by atoms with Gasteiger partial charge in [0.15, 0.2) is 0 Å². The molecule has 3 rings (SSSR count). The van der Waals surface area contributed by atoms with Gasteiger partial charge in [-0.3, -0.25) is 5.10 Å². The lowest BCUT2D eigenvalue weighted by atomic mass is 9.83. The first-order chi connectivity index (χ1) is 12.0. The maximum absolute atomic E-state index is 11.7. The highest BCUT2D eigenvalue weighted by atomic mass is 32.2. The second-order valence-electron chi connectivity index (χ2n) is 6.41. The molecule has 0 spiro atoms. The van der Waals surface area contributed by atoms with E-state index in [1.165, 1.54) is 0 Å². The minimum atomic E-state index is -3.17. The summed E-state index contributed by atoms with van der Waals surface area (Å²) in [5, 5.41) is 17.0. The van der Waals surface area contributed by atoms with Gasteiger partial charge in [0.05, 0.1) is 11.4 Å². The van der Waals surface area contributed by atoms with Gasteiger partial charge in [-0.25, -0.2) is 13.1 Å². The summed E-state index contributed by atoms with van der Waals surface area (Å²) < 4.78 is 26.2. The number of H-pyrrole nitrogens is 1. The third kappa shape index (κ3) is 3.91. The lowest BCUT2D eigenvalue weighted by Gasteiger charge is -2.28. The second-order valence-corrected chi connectivity index (χ2v) is 8.45. The lowest BCUT2D eigenvalue weighted by molar-refractivity contribution is 0.369. The lowest BCUT2D eigenvalue weighted by Crippen LogP contribution is -2.38. The average molecular weight is 358 g/mol. The molecule has 1 aliphatic rings. The fourth-order valence-electron chi connectivity index (χ4n) is 3.41. The molecule has 6 nitrogen and oxygen atoms in total. The fraction of sp³-hybridized carbons (Fsp3) is 0.444. The predicted molar refractivity (Wildman–Crippen MR) is 96.3 cm³/mol. The number of aromatic nitrogens is 2. The summed E-state index contributed by atoms with van der Waals surface area (Å²) in [5.41, 5.74) is 3.08. The Morgan fingerprint density at radius 2 is 1.92 bits per heavy atom. The molecule has 0 saturated heterocycles. The van der Waals surface area contributed by atoms with Gasteiger partial charge in [0.1, 0.15) is 17.3 Å². The van der Waals surface area contributed by atoms with Crippen molar-refractivity contribution in [3.63, 3.8) is 0 Å². The second kappa shape index (κ2) is 7.38. The molecule has 25 heavy (non-hydrogen) atoms. The molecule has 2 aromatic rings. The van der Waals surface area contributed by atoms with Crippen LogP contribution in [0.5, 0.6) is 0 Å². The molecule has 2 N–H and O–H groups in total. The Bertz CT molecular complexity index is 860. The van der Waals surface area contributed by atoms with Gasteiger partial charge in [0.25, 0.3) is 0 Å². The van der Waals surface area contributed by atoms with Gasteiger partial charge in [0, 0.05) is 17.5 Å². The number of hydrogen-bond acceptors (Lipinski definition) is 4. The smallest absolute Gasteiger partial charge is 0.211 e. The molecule has 0 atom stereocenters. The van der Waals surface area contributed by atoms with Crippen LogP contribution in [0, 0.1) is 11.3 Å². The van der Waals surface area contributed by atoms with Crippen molar-refractivity contribution in [2.24, 2.45) is 0 Å². The zero-order chi connectivity index (χ0) is 17.9. The zero-order valence-electron chi connectivity index (χ0n) is 14.2. The van der Waals surface area contributed by atoms with Crippen LogP contribution in [0.25, 0.3) is 11.3 Å². The number of nitrogens with zero attached hydrogens (tertiary/aromatic N) is 2. The van der Waals surface area contributed by atoms with Crippen molar-refractivity contribution in [3.05, 3.63) is 41.6 Å². The van der Waals surface area contributed by atoms with Crippen molar-refractivity contribution in [1.82, 2.24) is 14.9 Å². The summed E-state index contributed by atoms with van der Waals surface area (Å²) in [6.07, 6.45) is 3.22. The van der Waals surface area contributed by atoms with E-state index in [1.54, 1.807) is 6.92 Å². The Balaban J connectivity index is 1.74. The SMILES string of the molecule is CCS(=O)(=O)N[C@H]1CC[C@H](c2[nH]nc(-c3ccccc3)c2C#N)CC1. The molecule has 1 aromatic heterocycles. The highest BCUT2D eigenvalue weighted by Crippen LogP contribution is 2.36. The molecule has 1 heterocycles. The van der Waals surface area contributed by atoms with Crippen molar-refractivity contribution in [2.75, 3.05) is 5.75 Å². The van der Waals surface area contributed by atoms with E-state index < -0.39 is 10.0 Å². The minimum Gasteiger partial charge on any atom is -0.280 e. The maximum atomic E-state index is 11.7. The van der Waals surface area contributed by atoms with Crippen LogP contribution in [0.4, 0.5) is 0 Å². The summed E-state index contributed by atoms with van der Waals surface area (Å²) in [5.74, 6) is 0.314. The number of benzene rings is 1. The number of sulfonamides is 1. The molecule has 1 saturated carbocycles. The van der Waals surface area contributed by atoms with Crippen molar-refractivity contribution >= 4 is 10.0 Å². The Kier molecular flexibility index (Phi) is 5.21. The first kappa shape index (κ1) is 17.6. The van der Waals surface area contributed by atoms with Gasteiger partial charge in [-0.15, -0.1) is 0 Å². The normalized spacial score (nSPS) is 21.0. The number of nitrogens with one attached hydrogen (secondary N) is 2. The Morgan fingerprint density at radius 1 is 1.24 bits per heavy atom. The highest BCUT2D eigenvalue weighted by Gasteiger charge is 2.28. The summed E-state index contributed by atoms with van der Waals surface area (Å²) in [6, 6.07) is 12.0. The van der Waals surface area contributed by atoms with Crippen LogP contribution in [0.15, 0.2) is 30.3 Å². The highest BCUT2D eigenvalue weighted by molar-refractivity contribution is 7.89. The van der Waals surface area contributed by atoms with Crippen molar-refractivity contribution in [1.29, 1.82) is 5.26 Å². The van der Waals surface area contributed by atoms with E-state index in [2.05, 4.69) is 21.0 Å². The van der Waals surface area contributed by atoms with E-state index in [1.807, 2.05) is 30.3 Å². The molecule has 0 radical (unpaired) electrons. The maximum Gasteiger partial charge on any atom is 0.211 e. The van der Waals surface area contributed by atoms with E-state index in [-0.39, 0.29) is 17.7 Å². The monoisotopic (exact) mass is 358 g/mol. The van der Waals surface area contributed by atoms with Crippen LogP contribution in [0.3, 0.4) is 0 Å². The molecule has 1 aliphatic carbocycles. The molecule has 7 heteroatoms. The van der Waals surface area contributed by atoms with E-state index in [9.17, 15) is 13.7 Å². The van der Waals surface area contributed by atoms with Crippen LogP contribution < -0.4 is 4.72 Å². The molecule has 0 amide bonds. The van der Waals surface area contributed by atoms with Crippen LogP contribution in [-0.2, 0) is 10.0 Å². The van der Waals surface area contributed by atoms with E-state index in [0.717, 1.165) is 36.9 Å². The van der Waals surface area contributed by atoms with Gasteiger partial charge >= 0.3 is 0 Å². The number of nitriles is 1. The molecule has 0 aliphatic heterocycles. The molecule has 1 fully saturated rings. The molecule has 132 valence electrons. The molecule has 0 unspecified atom stereocenters. The molecule has 0 bridgehead atoms.